The summed E-state index contributed by atoms with van der Waals surface area (Å²) in [6, 6.07) is 14.7. The standard InChI is InChI=1S/C26H29N3O5S/c1-17-6-8-19(9-7-17)35(32,33)20-10-11-22-23(16-20)28-29(27-22)24-15-18(34-13-5-12-30)14-21(25(24)31)26(2,3)4/h6-11,14-16,30-31H,5,12-13H2,1-4H3. The van der Waals surface area contributed by atoms with E-state index < -0.39 is 15.3 Å². The number of aliphatic hydroxyl groups excluding tert-OH is 1. The minimum Gasteiger partial charge on any atom is -0.505 e. The molecule has 0 atom stereocenters. The van der Waals surface area contributed by atoms with Gasteiger partial charge in [-0.2, -0.15) is 0 Å². The van der Waals surface area contributed by atoms with E-state index in [9.17, 15) is 13.5 Å². The van der Waals surface area contributed by atoms with Crippen LogP contribution < -0.4 is 4.74 Å². The maximum absolute atomic E-state index is 13.1. The summed E-state index contributed by atoms with van der Waals surface area (Å²) in [5.74, 6) is 0.528. The number of fused-ring (bicyclic) bond motifs is 1. The summed E-state index contributed by atoms with van der Waals surface area (Å²) in [6.07, 6.45) is 0.475. The smallest absolute Gasteiger partial charge is 0.206 e. The molecule has 0 spiro atoms. The third-order valence-electron chi connectivity index (χ3n) is 5.65. The molecule has 0 aliphatic rings. The second-order valence-electron chi connectivity index (χ2n) is 9.47. The summed E-state index contributed by atoms with van der Waals surface area (Å²) < 4.78 is 32.0. The van der Waals surface area contributed by atoms with Crippen molar-refractivity contribution in [2.75, 3.05) is 13.2 Å². The highest BCUT2D eigenvalue weighted by molar-refractivity contribution is 7.91. The molecule has 1 heterocycles. The van der Waals surface area contributed by atoms with Crippen LogP contribution in [0.2, 0.25) is 0 Å². The first kappa shape index (κ1) is 24.7. The number of ether oxygens (including phenoxy) is 1. The molecule has 2 N–H and O–H groups in total. The monoisotopic (exact) mass is 495 g/mol. The maximum Gasteiger partial charge on any atom is 0.206 e. The molecule has 9 heteroatoms. The molecule has 184 valence electrons. The van der Waals surface area contributed by atoms with Crippen molar-refractivity contribution in [1.82, 2.24) is 15.0 Å². The number of phenolic OH excluding ortho intramolecular Hbond substituents is 1. The molecule has 0 saturated heterocycles. The first-order valence-corrected chi connectivity index (χ1v) is 12.8. The Kier molecular flexibility index (Phi) is 6.57. The van der Waals surface area contributed by atoms with E-state index in [0.29, 0.717) is 41.1 Å². The van der Waals surface area contributed by atoms with Crippen LogP contribution in [0.15, 0.2) is 64.4 Å². The third-order valence-corrected chi connectivity index (χ3v) is 7.42. The van der Waals surface area contributed by atoms with Crippen LogP contribution in [-0.4, -0.2) is 46.8 Å². The van der Waals surface area contributed by atoms with Gasteiger partial charge in [0, 0.05) is 24.7 Å². The van der Waals surface area contributed by atoms with Gasteiger partial charge in [0.05, 0.1) is 16.4 Å². The molecule has 0 saturated carbocycles. The highest BCUT2D eigenvalue weighted by Crippen LogP contribution is 2.38. The molecule has 35 heavy (non-hydrogen) atoms. The van der Waals surface area contributed by atoms with Crippen LogP contribution >= 0.6 is 0 Å². The molecule has 4 rings (SSSR count). The number of aryl methyl sites for hydroxylation is 1. The summed E-state index contributed by atoms with van der Waals surface area (Å²) in [4.78, 5) is 1.60. The van der Waals surface area contributed by atoms with Crippen molar-refractivity contribution < 1.29 is 23.4 Å². The van der Waals surface area contributed by atoms with E-state index in [0.717, 1.165) is 5.56 Å². The fourth-order valence-electron chi connectivity index (χ4n) is 3.68. The molecule has 0 unspecified atom stereocenters. The number of hydrogen-bond donors (Lipinski definition) is 2. The van der Waals surface area contributed by atoms with Gasteiger partial charge in [-0.15, -0.1) is 15.0 Å². The van der Waals surface area contributed by atoms with Crippen molar-refractivity contribution >= 4 is 20.9 Å². The van der Waals surface area contributed by atoms with Gasteiger partial charge in [-0.05, 0) is 48.7 Å². The number of nitrogens with zero attached hydrogens (tertiary/aromatic N) is 3. The molecule has 0 aliphatic heterocycles. The highest BCUT2D eigenvalue weighted by atomic mass is 32.2. The van der Waals surface area contributed by atoms with Crippen molar-refractivity contribution in [2.45, 2.75) is 49.3 Å². The minimum absolute atomic E-state index is 0.0109. The molecule has 3 aromatic carbocycles. The van der Waals surface area contributed by atoms with E-state index >= 15 is 0 Å². The summed E-state index contributed by atoms with van der Waals surface area (Å²) in [6.45, 7) is 8.14. The van der Waals surface area contributed by atoms with Gasteiger partial charge in [-0.25, -0.2) is 8.42 Å². The first-order valence-electron chi connectivity index (χ1n) is 11.3. The molecule has 4 aromatic rings. The largest absolute Gasteiger partial charge is 0.505 e. The van der Waals surface area contributed by atoms with E-state index in [1.54, 1.807) is 42.5 Å². The molecule has 0 amide bonds. The number of rotatable bonds is 7. The van der Waals surface area contributed by atoms with Gasteiger partial charge in [0.2, 0.25) is 9.84 Å². The van der Waals surface area contributed by atoms with Gasteiger partial charge < -0.3 is 14.9 Å². The number of sulfone groups is 1. The Labute approximate surface area is 204 Å². The predicted molar refractivity (Wildman–Crippen MR) is 133 cm³/mol. The zero-order valence-corrected chi connectivity index (χ0v) is 21.0. The number of aliphatic hydroxyl groups is 1. The van der Waals surface area contributed by atoms with Crippen molar-refractivity contribution in [2.24, 2.45) is 0 Å². The molecule has 0 aliphatic carbocycles. The topological polar surface area (TPSA) is 115 Å². The van der Waals surface area contributed by atoms with Crippen LogP contribution in [-0.2, 0) is 15.3 Å². The van der Waals surface area contributed by atoms with E-state index in [1.165, 1.54) is 16.9 Å². The summed E-state index contributed by atoms with van der Waals surface area (Å²) in [7, 11) is -3.72. The summed E-state index contributed by atoms with van der Waals surface area (Å²) in [5, 5.41) is 29.1. The molecule has 8 nitrogen and oxygen atoms in total. The summed E-state index contributed by atoms with van der Waals surface area (Å²) in [5.41, 5.74) is 2.41. The van der Waals surface area contributed by atoms with Gasteiger partial charge >= 0.3 is 0 Å². The predicted octanol–water partition coefficient (Wildman–Crippen LogP) is 4.33. The lowest BCUT2D eigenvalue weighted by atomic mass is 9.86. The Morgan fingerprint density at radius 3 is 2.26 bits per heavy atom. The molecule has 0 fully saturated rings. The van der Waals surface area contributed by atoms with Crippen LogP contribution in [0.25, 0.3) is 16.7 Å². The average Bonchev–Trinajstić information content (AvgIpc) is 3.23. The quantitative estimate of drug-likeness (QED) is 0.367. The number of hydrogen-bond acceptors (Lipinski definition) is 7. The molecule has 1 aromatic heterocycles. The second-order valence-corrected chi connectivity index (χ2v) is 11.4. The van der Waals surface area contributed by atoms with Crippen LogP contribution in [0.3, 0.4) is 0 Å². The Morgan fingerprint density at radius 2 is 1.60 bits per heavy atom. The van der Waals surface area contributed by atoms with Gasteiger partial charge in [0.1, 0.15) is 28.2 Å². The SMILES string of the molecule is Cc1ccc(S(=O)(=O)c2ccc3nn(-c4cc(OCCCO)cc(C(C)(C)C)c4O)nc3c2)cc1. The Bertz CT molecular complexity index is 1470. The normalized spacial score (nSPS) is 12.3. The van der Waals surface area contributed by atoms with Gasteiger partial charge in [0.25, 0.3) is 0 Å². The molecule has 0 bridgehead atoms. The van der Waals surface area contributed by atoms with E-state index in [2.05, 4.69) is 10.2 Å². The zero-order valence-electron chi connectivity index (χ0n) is 20.2. The Hall–Kier alpha value is -3.43. The third kappa shape index (κ3) is 5.01. The van der Waals surface area contributed by atoms with Gasteiger partial charge in [-0.1, -0.05) is 38.5 Å². The lowest BCUT2D eigenvalue weighted by Gasteiger charge is -2.23. The number of benzene rings is 3. The highest BCUT2D eigenvalue weighted by Gasteiger charge is 2.24. The fourth-order valence-corrected chi connectivity index (χ4v) is 4.96. The van der Waals surface area contributed by atoms with Crippen LogP contribution in [0, 0.1) is 6.92 Å². The second kappa shape index (κ2) is 9.31. The van der Waals surface area contributed by atoms with E-state index in [4.69, 9.17) is 9.84 Å². The Balaban J connectivity index is 1.79. The number of aromatic hydroxyl groups is 1. The van der Waals surface area contributed by atoms with Crippen molar-refractivity contribution in [3.8, 4) is 17.2 Å². The first-order chi connectivity index (χ1) is 16.5. The molecular formula is C26H29N3O5S. The number of aromatic nitrogens is 3. The summed E-state index contributed by atoms with van der Waals surface area (Å²) >= 11 is 0. The Morgan fingerprint density at radius 1 is 0.943 bits per heavy atom. The van der Waals surface area contributed by atoms with Crippen molar-refractivity contribution in [3.05, 3.63) is 65.7 Å². The minimum atomic E-state index is -3.72. The average molecular weight is 496 g/mol. The van der Waals surface area contributed by atoms with Crippen LogP contribution in [0.1, 0.15) is 38.3 Å². The lowest BCUT2D eigenvalue weighted by molar-refractivity contribution is 0.233. The van der Waals surface area contributed by atoms with Crippen molar-refractivity contribution in [3.63, 3.8) is 0 Å². The van der Waals surface area contributed by atoms with Gasteiger partial charge in [-0.3, -0.25) is 0 Å². The van der Waals surface area contributed by atoms with Crippen LogP contribution in [0.4, 0.5) is 0 Å². The molecular weight excluding hydrogens is 466 g/mol. The fraction of sp³-hybridized carbons (Fsp3) is 0.308. The van der Waals surface area contributed by atoms with Crippen molar-refractivity contribution in [1.29, 1.82) is 0 Å². The van der Waals surface area contributed by atoms with E-state index in [-0.39, 0.29) is 22.1 Å². The lowest BCUT2D eigenvalue weighted by Crippen LogP contribution is -2.14. The zero-order chi connectivity index (χ0) is 25.4. The van der Waals surface area contributed by atoms with Gasteiger partial charge in [0.15, 0.2) is 0 Å². The number of phenols is 1. The van der Waals surface area contributed by atoms with Crippen LogP contribution in [0.5, 0.6) is 11.5 Å². The van der Waals surface area contributed by atoms with E-state index in [1.807, 2.05) is 27.7 Å². The molecule has 0 radical (unpaired) electrons. The maximum atomic E-state index is 13.1.